The van der Waals surface area contributed by atoms with Crippen molar-refractivity contribution in [2.45, 2.75) is 59.2 Å². The maximum atomic E-state index is 13.8. The molecule has 0 radical (unpaired) electrons. The zero-order chi connectivity index (χ0) is 29.9. The first-order valence-electron chi connectivity index (χ1n) is 13.3. The van der Waals surface area contributed by atoms with E-state index in [0.29, 0.717) is 40.8 Å². The number of aromatic nitrogens is 2. The van der Waals surface area contributed by atoms with Crippen LogP contribution in [0.15, 0.2) is 51.4 Å². The van der Waals surface area contributed by atoms with Crippen molar-refractivity contribution in [3.8, 4) is 5.75 Å². The standard InChI is InChI=1S/C31H31Br3N2O5/c1-30(2,3)40-28(37)35-23-10-8-17(33)14-19(23)21-16-22-20-15-18(34)9-11-24(20)36(29(38)41-31(4,5)6)26(22)27(25(21)35)39-13-7-12-32/h8-11,14-16H,7,12-13H2,1-6H3. The molecule has 7 nitrogen and oxygen atoms in total. The van der Waals surface area contributed by atoms with Crippen molar-refractivity contribution in [2.24, 2.45) is 0 Å². The van der Waals surface area contributed by atoms with Crippen LogP contribution in [-0.4, -0.2) is 44.5 Å². The molecule has 0 saturated carbocycles. The van der Waals surface area contributed by atoms with Gasteiger partial charge < -0.3 is 14.2 Å². The van der Waals surface area contributed by atoms with Gasteiger partial charge in [0, 0.05) is 35.8 Å². The quantitative estimate of drug-likeness (QED) is 0.135. The summed E-state index contributed by atoms with van der Waals surface area (Å²) >= 11 is 10.7. The van der Waals surface area contributed by atoms with Gasteiger partial charge in [0.25, 0.3) is 0 Å². The number of fused-ring (bicyclic) bond motifs is 6. The van der Waals surface area contributed by atoms with Gasteiger partial charge in [-0.2, -0.15) is 0 Å². The van der Waals surface area contributed by atoms with Gasteiger partial charge in [0.15, 0.2) is 5.75 Å². The molecule has 0 fully saturated rings. The van der Waals surface area contributed by atoms with Gasteiger partial charge in [-0.1, -0.05) is 47.8 Å². The molecule has 0 spiro atoms. The van der Waals surface area contributed by atoms with E-state index in [1.807, 2.05) is 84.0 Å². The zero-order valence-electron chi connectivity index (χ0n) is 23.7. The molecule has 0 aliphatic carbocycles. The van der Waals surface area contributed by atoms with E-state index in [1.165, 1.54) is 0 Å². The second-order valence-electron chi connectivity index (χ2n) is 11.8. The maximum absolute atomic E-state index is 13.8. The van der Waals surface area contributed by atoms with Crippen molar-refractivity contribution in [2.75, 3.05) is 11.9 Å². The van der Waals surface area contributed by atoms with E-state index in [-0.39, 0.29) is 0 Å². The Labute approximate surface area is 263 Å². The lowest BCUT2D eigenvalue weighted by Gasteiger charge is -2.22. The Bertz CT molecular complexity index is 1710. The van der Waals surface area contributed by atoms with Crippen LogP contribution in [0.5, 0.6) is 5.75 Å². The molecule has 2 heterocycles. The van der Waals surface area contributed by atoms with E-state index in [0.717, 1.165) is 35.8 Å². The van der Waals surface area contributed by atoms with E-state index in [9.17, 15) is 9.59 Å². The van der Waals surface area contributed by atoms with Gasteiger partial charge in [-0.15, -0.1) is 0 Å². The lowest BCUT2D eigenvalue weighted by Crippen LogP contribution is -2.27. The Morgan fingerprint density at radius 2 is 1.15 bits per heavy atom. The third-order valence-electron chi connectivity index (χ3n) is 6.33. The molecule has 0 aliphatic heterocycles. The van der Waals surface area contributed by atoms with Gasteiger partial charge in [0.1, 0.15) is 22.2 Å². The molecule has 0 bridgehead atoms. The molecule has 0 unspecified atom stereocenters. The van der Waals surface area contributed by atoms with Crippen LogP contribution in [0.2, 0.25) is 0 Å². The molecular weight excluding hydrogens is 720 g/mol. The summed E-state index contributed by atoms with van der Waals surface area (Å²) in [6.07, 6.45) is -0.353. The summed E-state index contributed by atoms with van der Waals surface area (Å²) in [5.41, 5.74) is 0.944. The molecule has 0 N–H and O–H groups in total. The summed E-state index contributed by atoms with van der Waals surface area (Å²) in [5, 5.41) is 4.03. The van der Waals surface area contributed by atoms with Crippen LogP contribution in [0.25, 0.3) is 43.6 Å². The number of ether oxygens (including phenoxy) is 3. The second kappa shape index (κ2) is 10.9. The Morgan fingerprint density at radius 1 is 0.707 bits per heavy atom. The van der Waals surface area contributed by atoms with E-state index < -0.39 is 23.4 Å². The number of rotatable bonds is 4. The smallest absolute Gasteiger partial charge is 0.419 e. The predicted octanol–water partition coefficient (Wildman–Crippen LogP) is 10.2. The minimum absolute atomic E-state index is 0.360. The van der Waals surface area contributed by atoms with Crippen molar-refractivity contribution in [3.05, 3.63) is 51.4 Å². The fourth-order valence-corrected chi connectivity index (χ4v) is 5.88. The van der Waals surface area contributed by atoms with Gasteiger partial charge in [-0.05, 0) is 90.4 Å². The van der Waals surface area contributed by atoms with Crippen molar-refractivity contribution in [1.29, 1.82) is 0 Å². The zero-order valence-corrected chi connectivity index (χ0v) is 28.5. The largest absolute Gasteiger partial charge is 0.489 e. The monoisotopic (exact) mass is 748 g/mol. The highest BCUT2D eigenvalue weighted by atomic mass is 79.9. The van der Waals surface area contributed by atoms with E-state index >= 15 is 0 Å². The first-order valence-corrected chi connectivity index (χ1v) is 16.0. The topological polar surface area (TPSA) is 71.7 Å². The second-order valence-corrected chi connectivity index (χ2v) is 14.5. The van der Waals surface area contributed by atoms with E-state index in [1.54, 1.807) is 9.13 Å². The summed E-state index contributed by atoms with van der Waals surface area (Å²) in [5.74, 6) is 0.412. The molecule has 0 aliphatic rings. The Kier molecular flexibility index (Phi) is 7.98. The number of carbonyl (C=O) groups is 2. The third-order valence-corrected chi connectivity index (χ3v) is 7.88. The van der Waals surface area contributed by atoms with Gasteiger partial charge >= 0.3 is 12.2 Å². The number of carbonyl (C=O) groups excluding carboxylic acids is 2. The van der Waals surface area contributed by atoms with Crippen LogP contribution in [0.4, 0.5) is 9.59 Å². The van der Waals surface area contributed by atoms with Crippen LogP contribution in [0, 0.1) is 0 Å². The van der Waals surface area contributed by atoms with Crippen LogP contribution in [0.1, 0.15) is 48.0 Å². The molecule has 10 heteroatoms. The van der Waals surface area contributed by atoms with Crippen molar-refractivity contribution in [3.63, 3.8) is 0 Å². The molecule has 3 aromatic carbocycles. The first-order chi connectivity index (χ1) is 19.2. The van der Waals surface area contributed by atoms with Crippen LogP contribution < -0.4 is 4.74 Å². The number of benzene rings is 3. The molecule has 5 rings (SSSR count). The lowest BCUT2D eigenvalue weighted by atomic mass is 10.1. The fraction of sp³-hybridized carbons (Fsp3) is 0.355. The predicted molar refractivity (Wildman–Crippen MR) is 175 cm³/mol. The third kappa shape index (κ3) is 5.75. The highest BCUT2D eigenvalue weighted by molar-refractivity contribution is 9.10. The normalized spacial score (nSPS) is 12.5. The SMILES string of the molecule is CC(C)(C)OC(=O)n1c2ccc(Br)cc2c2cc3c4cc(Br)ccc4n(C(=O)OC(C)(C)C)c3c(OCCCBr)c21. The van der Waals surface area contributed by atoms with E-state index in [4.69, 9.17) is 14.2 Å². The van der Waals surface area contributed by atoms with Crippen LogP contribution in [0.3, 0.4) is 0 Å². The van der Waals surface area contributed by atoms with Crippen LogP contribution in [-0.2, 0) is 9.47 Å². The maximum Gasteiger partial charge on any atom is 0.419 e. The molecule has 0 saturated heterocycles. The molecule has 0 amide bonds. The fourth-order valence-electron chi connectivity index (χ4n) is 4.93. The van der Waals surface area contributed by atoms with Gasteiger partial charge in [-0.3, -0.25) is 0 Å². The van der Waals surface area contributed by atoms with Gasteiger partial charge in [0.05, 0.1) is 17.6 Å². The molecule has 41 heavy (non-hydrogen) atoms. The number of hydrogen-bond donors (Lipinski definition) is 0. The summed E-state index contributed by atoms with van der Waals surface area (Å²) in [6.45, 7) is 11.4. The minimum atomic E-state index is -0.728. The number of alkyl halides is 1. The van der Waals surface area contributed by atoms with Crippen LogP contribution >= 0.6 is 47.8 Å². The summed E-state index contributed by atoms with van der Waals surface area (Å²) < 4.78 is 23.1. The minimum Gasteiger partial charge on any atom is -0.489 e. The summed E-state index contributed by atoms with van der Waals surface area (Å²) in [4.78, 5) is 27.7. The van der Waals surface area contributed by atoms with Crippen molar-refractivity contribution < 1.29 is 23.8 Å². The summed E-state index contributed by atoms with van der Waals surface area (Å²) in [6, 6.07) is 13.5. The average Bonchev–Trinajstić information content (AvgIpc) is 3.34. The molecular formula is C31H31Br3N2O5. The molecule has 5 aromatic rings. The molecule has 216 valence electrons. The Hall–Kier alpha value is -2.56. The summed E-state index contributed by atoms with van der Waals surface area (Å²) in [7, 11) is 0. The van der Waals surface area contributed by atoms with Gasteiger partial charge in [0.2, 0.25) is 0 Å². The molecule has 2 aromatic heterocycles. The lowest BCUT2D eigenvalue weighted by molar-refractivity contribution is 0.0541. The molecule has 0 atom stereocenters. The average molecular weight is 751 g/mol. The van der Waals surface area contributed by atoms with Gasteiger partial charge in [-0.25, -0.2) is 18.7 Å². The number of hydrogen-bond acceptors (Lipinski definition) is 5. The highest BCUT2D eigenvalue weighted by Gasteiger charge is 2.30. The number of halogens is 3. The Morgan fingerprint density at radius 3 is 1.54 bits per heavy atom. The first kappa shape index (κ1) is 29.9. The Balaban J connectivity index is 2.01. The highest BCUT2D eigenvalue weighted by Crippen LogP contribution is 2.45. The van der Waals surface area contributed by atoms with E-state index in [2.05, 4.69) is 47.8 Å². The van der Waals surface area contributed by atoms with Crippen molar-refractivity contribution >= 4 is 104 Å². The van der Waals surface area contributed by atoms with Crippen molar-refractivity contribution in [1.82, 2.24) is 9.13 Å². The number of nitrogens with zero attached hydrogens (tertiary/aromatic N) is 2.